The Morgan fingerprint density at radius 2 is 1.39 bits per heavy atom. The van der Waals surface area contributed by atoms with Crippen molar-refractivity contribution >= 4 is 16.0 Å². The Bertz CT molecular complexity index is 342. The van der Waals surface area contributed by atoms with Gasteiger partial charge >= 0.3 is 21.4 Å². The lowest BCUT2D eigenvalue weighted by molar-refractivity contribution is -0.179. The molecule has 0 aromatic heterocycles. The zero-order chi connectivity index (χ0) is 15.1. The first kappa shape index (κ1) is 17.4. The van der Waals surface area contributed by atoms with E-state index < -0.39 is 40.0 Å². The van der Waals surface area contributed by atoms with Crippen LogP contribution in [0.25, 0.3) is 0 Å². The second-order valence-electron chi connectivity index (χ2n) is 3.58. The highest BCUT2D eigenvalue weighted by Crippen LogP contribution is 3.05. The van der Waals surface area contributed by atoms with Crippen LogP contribution in [0.15, 0.2) is 0 Å². The van der Waals surface area contributed by atoms with Crippen molar-refractivity contribution in [1.29, 1.82) is 0 Å². The molecule has 18 heavy (non-hydrogen) atoms. The van der Waals surface area contributed by atoms with Gasteiger partial charge in [0.1, 0.15) is 5.78 Å². The van der Waals surface area contributed by atoms with Gasteiger partial charge in [-0.1, -0.05) is 26.4 Å². The van der Waals surface area contributed by atoms with Crippen molar-refractivity contribution in [2.75, 3.05) is 0 Å². The van der Waals surface area contributed by atoms with E-state index in [1.54, 1.807) is 0 Å². The summed E-state index contributed by atoms with van der Waals surface area (Å²) in [7, 11) is -11.7. The fourth-order valence-corrected chi connectivity index (χ4v) is 1.57. The zero-order valence-electron chi connectivity index (χ0n) is 8.84. The average Bonchev–Trinajstić information content (AvgIpc) is 2.09. The van der Waals surface area contributed by atoms with E-state index in [2.05, 4.69) is 0 Å². The lowest BCUT2D eigenvalue weighted by atomic mass is 10.1. The monoisotopic (exact) mass is 312 g/mol. The van der Waals surface area contributed by atoms with Crippen LogP contribution in [0.1, 0.15) is 26.2 Å². The van der Waals surface area contributed by atoms with Crippen LogP contribution in [-0.4, -0.2) is 17.0 Å². The van der Waals surface area contributed by atoms with Crippen molar-refractivity contribution in [3.63, 3.8) is 0 Å². The second-order valence-corrected chi connectivity index (χ2v) is 6.03. The van der Waals surface area contributed by atoms with Crippen molar-refractivity contribution in [2.45, 2.75) is 37.4 Å². The highest BCUT2D eigenvalue weighted by molar-refractivity contribution is 8.46. The van der Waals surface area contributed by atoms with Gasteiger partial charge in [0.25, 0.3) is 0 Å². The van der Waals surface area contributed by atoms with Crippen LogP contribution in [0.4, 0.5) is 37.0 Å². The van der Waals surface area contributed by atoms with Gasteiger partial charge < -0.3 is 0 Å². The molecule has 0 aromatic rings. The standard InChI is InChI=1S/C7H9F9OS/c1-2-5(17)3-4-6(8,9)7(10,11)18(12,13,14,15)16/h2-4H2,1H3. The third-order valence-electron chi connectivity index (χ3n) is 2.02. The van der Waals surface area contributed by atoms with Gasteiger partial charge in [0, 0.05) is 19.3 Å². The summed E-state index contributed by atoms with van der Waals surface area (Å²) in [6, 6.07) is 0. The van der Waals surface area contributed by atoms with Crippen LogP contribution in [0.3, 0.4) is 0 Å². The SMILES string of the molecule is CCC(=O)CCC(F)(F)C(F)(F)S(F)(F)(F)(F)F. The van der Waals surface area contributed by atoms with Crippen LogP contribution in [0.5, 0.6) is 0 Å². The van der Waals surface area contributed by atoms with Gasteiger partial charge in [-0.3, -0.25) is 4.79 Å². The number of rotatable bonds is 6. The Morgan fingerprint density at radius 3 is 1.67 bits per heavy atom. The Labute approximate surface area is 96.1 Å². The Balaban J connectivity index is 5.30. The van der Waals surface area contributed by atoms with E-state index in [-0.39, 0.29) is 6.42 Å². The molecule has 0 aliphatic carbocycles. The summed E-state index contributed by atoms with van der Waals surface area (Å²) in [6.45, 7) is 1.16. The number of hydrogen-bond acceptors (Lipinski definition) is 1. The molecule has 0 N–H and O–H groups in total. The molecule has 0 heterocycles. The van der Waals surface area contributed by atoms with Crippen LogP contribution >= 0.6 is 10.2 Å². The number of Topliss-reactive ketones (excluding diaryl/α,β-unsaturated/α-hetero) is 1. The van der Waals surface area contributed by atoms with Crippen molar-refractivity contribution in [1.82, 2.24) is 0 Å². The molecule has 0 fully saturated rings. The van der Waals surface area contributed by atoms with Gasteiger partial charge in [-0.2, -0.15) is 17.6 Å². The summed E-state index contributed by atoms with van der Waals surface area (Å²) in [5.74, 6) is -7.08. The topological polar surface area (TPSA) is 17.1 Å². The number of alkyl halides is 4. The lowest BCUT2D eigenvalue weighted by Gasteiger charge is -2.48. The predicted octanol–water partition coefficient (Wildman–Crippen LogP) is 5.27. The number of carbonyl (C=O) groups excluding carboxylic acids is 1. The van der Waals surface area contributed by atoms with Gasteiger partial charge in [0.15, 0.2) is 0 Å². The molecule has 0 radical (unpaired) electrons. The maximum Gasteiger partial charge on any atom is 0.443 e. The summed E-state index contributed by atoms with van der Waals surface area (Å²) in [4.78, 5) is 10.6. The van der Waals surface area contributed by atoms with E-state index in [0.717, 1.165) is 6.92 Å². The molecule has 11 heteroatoms. The van der Waals surface area contributed by atoms with Crippen molar-refractivity contribution in [3.05, 3.63) is 0 Å². The van der Waals surface area contributed by atoms with E-state index >= 15 is 0 Å². The molecule has 0 amide bonds. The molecule has 0 aliphatic rings. The smallest absolute Gasteiger partial charge is 0.300 e. The van der Waals surface area contributed by atoms with E-state index in [9.17, 15) is 41.8 Å². The molecule has 0 aliphatic heterocycles. The van der Waals surface area contributed by atoms with E-state index in [1.165, 1.54) is 0 Å². The van der Waals surface area contributed by atoms with E-state index in [1.807, 2.05) is 0 Å². The summed E-state index contributed by atoms with van der Waals surface area (Å²) < 4.78 is 109. The first-order chi connectivity index (χ1) is 7.45. The van der Waals surface area contributed by atoms with Gasteiger partial charge in [-0.05, 0) is 0 Å². The summed E-state index contributed by atoms with van der Waals surface area (Å²) in [5, 5.41) is -7.46. The molecule has 0 rings (SSSR count). The van der Waals surface area contributed by atoms with Crippen molar-refractivity contribution in [2.24, 2.45) is 0 Å². The minimum Gasteiger partial charge on any atom is -0.300 e. The highest BCUT2D eigenvalue weighted by atomic mass is 32.5. The van der Waals surface area contributed by atoms with Gasteiger partial charge in [-0.25, -0.2) is 0 Å². The molecule has 0 unspecified atom stereocenters. The quantitative estimate of drug-likeness (QED) is 0.610. The fourth-order valence-electron chi connectivity index (χ4n) is 0.901. The van der Waals surface area contributed by atoms with Gasteiger partial charge in [0.05, 0.1) is 0 Å². The normalized spacial score (nSPS) is 18.1. The zero-order valence-corrected chi connectivity index (χ0v) is 9.66. The molecule has 1 nitrogen and oxygen atoms in total. The molecular weight excluding hydrogens is 303 g/mol. The number of ketones is 1. The summed E-state index contributed by atoms with van der Waals surface area (Å²) in [6.07, 6.45) is -4.01. The predicted molar refractivity (Wildman–Crippen MR) is 47.6 cm³/mol. The van der Waals surface area contributed by atoms with Crippen LogP contribution in [-0.2, 0) is 4.79 Å². The largest absolute Gasteiger partial charge is 0.443 e. The lowest BCUT2D eigenvalue weighted by Crippen LogP contribution is -2.49. The number of hydrogen-bond donors (Lipinski definition) is 0. The molecule has 0 aromatic carbocycles. The Kier molecular flexibility index (Phi) is 3.57. The first-order valence-electron chi connectivity index (χ1n) is 4.45. The molecule has 0 bridgehead atoms. The molecular formula is C7H9F9OS. The van der Waals surface area contributed by atoms with Crippen molar-refractivity contribution in [3.8, 4) is 0 Å². The van der Waals surface area contributed by atoms with Crippen molar-refractivity contribution < 1.29 is 41.8 Å². The molecule has 0 atom stereocenters. The maximum absolute atomic E-state index is 12.6. The van der Waals surface area contributed by atoms with Crippen LogP contribution in [0, 0.1) is 0 Å². The summed E-state index contributed by atoms with van der Waals surface area (Å²) >= 11 is 0. The minimum atomic E-state index is -11.7. The third-order valence-corrected chi connectivity index (χ3v) is 3.29. The molecule has 112 valence electrons. The maximum atomic E-state index is 12.6. The highest BCUT2D eigenvalue weighted by Gasteiger charge is 2.90. The van der Waals surface area contributed by atoms with Gasteiger partial charge in [-0.15, -0.1) is 0 Å². The minimum absolute atomic E-state index is 0.377. The molecule has 0 saturated heterocycles. The average molecular weight is 312 g/mol. The number of halogens is 9. The third kappa shape index (κ3) is 3.23. The van der Waals surface area contributed by atoms with Crippen LogP contribution < -0.4 is 0 Å². The second kappa shape index (κ2) is 3.70. The Morgan fingerprint density at radius 1 is 1.00 bits per heavy atom. The van der Waals surface area contributed by atoms with Crippen LogP contribution in [0.2, 0.25) is 0 Å². The summed E-state index contributed by atoms with van der Waals surface area (Å²) in [5.41, 5.74) is 0. The fraction of sp³-hybridized carbons (Fsp3) is 0.857. The molecule has 0 spiro atoms. The first-order valence-corrected chi connectivity index (χ1v) is 6.40. The van der Waals surface area contributed by atoms with E-state index in [4.69, 9.17) is 0 Å². The van der Waals surface area contributed by atoms with E-state index in [0.29, 0.717) is 0 Å². The Hall–Kier alpha value is -0.610. The number of carbonyl (C=O) groups is 1. The molecule has 0 saturated carbocycles. The van der Waals surface area contributed by atoms with Gasteiger partial charge in [0.2, 0.25) is 0 Å².